The number of amides is 2. The number of aromatic nitrogens is 1. The SMILES string of the molecule is O=C(Nc1ccc(NC2CCCCC2)nc1)NC1CCCCC1. The van der Waals surface area contributed by atoms with E-state index in [0.29, 0.717) is 12.1 Å². The van der Waals surface area contributed by atoms with Crippen LogP contribution in [0, 0.1) is 0 Å². The Balaban J connectivity index is 1.45. The molecule has 0 saturated heterocycles. The molecule has 2 aliphatic carbocycles. The number of anilines is 2. The topological polar surface area (TPSA) is 66.0 Å². The Morgan fingerprint density at radius 3 is 2.17 bits per heavy atom. The van der Waals surface area contributed by atoms with Crippen LogP contribution in [0.4, 0.5) is 16.3 Å². The Bertz CT molecular complexity index is 490. The average Bonchev–Trinajstić information content (AvgIpc) is 2.58. The lowest BCUT2D eigenvalue weighted by Crippen LogP contribution is -2.39. The second-order valence-corrected chi connectivity index (χ2v) is 6.84. The van der Waals surface area contributed by atoms with Gasteiger partial charge in [0, 0.05) is 12.1 Å². The summed E-state index contributed by atoms with van der Waals surface area (Å²) < 4.78 is 0. The molecule has 0 aliphatic heterocycles. The molecule has 1 aromatic heterocycles. The maximum Gasteiger partial charge on any atom is 0.319 e. The molecule has 3 N–H and O–H groups in total. The maximum atomic E-state index is 12.0. The molecule has 3 rings (SSSR count). The monoisotopic (exact) mass is 316 g/mol. The van der Waals surface area contributed by atoms with Gasteiger partial charge in [-0.3, -0.25) is 0 Å². The zero-order valence-corrected chi connectivity index (χ0v) is 13.8. The van der Waals surface area contributed by atoms with Gasteiger partial charge in [-0.15, -0.1) is 0 Å². The minimum absolute atomic E-state index is 0.119. The van der Waals surface area contributed by atoms with Gasteiger partial charge in [-0.2, -0.15) is 0 Å². The molecule has 1 aromatic rings. The first-order chi connectivity index (χ1) is 11.3. The fourth-order valence-corrected chi connectivity index (χ4v) is 3.61. The predicted octanol–water partition coefficient (Wildman–Crippen LogP) is 4.28. The van der Waals surface area contributed by atoms with Crippen LogP contribution in [0.25, 0.3) is 0 Å². The van der Waals surface area contributed by atoms with Gasteiger partial charge in [0.1, 0.15) is 5.82 Å². The third-order valence-electron chi connectivity index (χ3n) is 4.92. The number of carbonyl (C=O) groups excluding carboxylic acids is 1. The summed E-state index contributed by atoms with van der Waals surface area (Å²) in [6, 6.07) is 4.61. The molecule has 2 saturated carbocycles. The van der Waals surface area contributed by atoms with Crippen LogP contribution >= 0.6 is 0 Å². The van der Waals surface area contributed by atoms with Crippen LogP contribution < -0.4 is 16.0 Å². The molecular formula is C18H28N4O. The van der Waals surface area contributed by atoms with Crippen LogP contribution in [0.15, 0.2) is 18.3 Å². The van der Waals surface area contributed by atoms with E-state index in [2.05, 4.69) is 20.9 Å². The Hall–Kier alpha value is -1.78. The largest absolute Gasteiger partial charge is 0.367 e. The fourth-order valence-electron chi connectivity index (χ4n) is 3.61. The van der Waals surface area contributed by atoms with Gasteiger partial charge in [-0.25, -0.2) is 9.78 Å². The quantitative estimate of drug-likeness (QED) is 0.776. The molecule has 2 fully saturated rings. The number of pyridine rings is 1. The molecule has 126 valence electrons. The summed E-state index contributed by atoms with van der Waals surface area (Å²) in [7, 11) is 0. The smallest absolute Gasteiger partial charge is 0.319 e. The molecule has 0 atom stereocenters. The van der Waals surface area contributed by atoms with E-state index in [0.717, 1.165) is 24.3 Å². The molecule has 2 aliphatic rings. The average molecular weight is 316 g/mol. The van der Waals surface area contributed by atoms with Crippen molar-refractivity contribution in [3.05, 3.63) is 18.3 Å². The van der Waals surface area contributed by atoms with E-state index in [1.807, 2.05) is 12.1 Å². The molecule has 5 heteroatoms. The minimum Gasteiger partial charge on any atom is -0.367 e. The normalized spacial score (nSPS) is 20.0. The highest BCUT2D eigenvalue weighted by Crippen LogP contribution is 2.21. The van der Waals surface area contributed by atoms with Crippen molar-refractivity contribution in [2.75, 3.05) is 10.6 Å². The van der Waals surface area contributed by atoms with E-state index in [-0.39, 0.29) is 6.03 Å². The van der Waals surface area contributed by atoms with Gasteiger partial charge >= 0.3 is 6.03 Å². The second kappa shape index (κ2) is 8.18. The van der Waals surface area contributed by atoms with Crippen molar-refractivity contribution in [3.63, 3.8) is 0 Å². The van der Waals surface area contributed by atoms with Gasteiger partial charge in [0.15, 0.2) is 0 Å². The van der Waals surface area contributed by atoms with Crippen molar-refractivity contribution in [1.82, 2.24) is 10.3 Å². The lowest BCUT2D eigenvalue weighted by atomic mass is 9.95. The standard InChI is InChI=1S/C18H28N4O/c23-18(21-15-9-5-2-6-10-15)22-16-11-12-17(19-13-16)20-14-7-3-1-4-8-14/h11-15H,1-10H2,(H,19,20)(H2,21,22,23). The highest BCUT2D eigenvalue weighted by atomic mass is 16.2. The number of nitrogens with zero attached hydrogens (tertiary/aromatic N) is 1. The van der Waals surface area contributed by atoms with E-state index in [4.69, 9.17) is 0 Å². The Labute approximate surface area is 138 Å². The van der Waals surface area contributed by atoms with E-state index >= 15 is 0 Å². The van der Waals surface area contributed by atoms with Crippen LogP contribution in [0.1, 0.15) is 64.2 Å². The van der Waals surface area contributed by atoms with Crippen molar-refractivity contribution in [1.29, 1.82) is 0 Å². The van der Waals surface area contributed by atoms with E-state index in [9.17, 15) is 4.79 Å². The first-order valence-electron chi connectivity index (χ1n) is 9.10. The van der Waals surface area contributed by atoms with Gasteiger partial charge in [-0.1, -0.05) is 38.5 Å². The highest BCUT2D eigenvalue weighted by molar-refractivity contribution is 5.89. The second-order valence-electron chi connectivity index (χ2n) is 6.84. The molecule has 2 amide bonds. The van der Waals surface area contributed by atoms with Crippen LogP contribution in [0.3, 0.4) is 0 Å². The summed E-state index contributed by atoms with van der Waals surface area (Å²) in [5.74, 6) is 0.898. The van der Waals surface area contributed by atoms with Crippen molar-refractivity contribution >= 4 is 17.5 Å². The first-order valence-corrected chi connectivity index (χ1v) is 9.10. The van der Waals surface area contributed by atoms with Crippen molar-refractivity contribution < 1.29 is 4.79 Å². The summed E-state index contributed by atoms with van der Waals surface area (Å²) in [5, 5.41) is 9.42. The number of nitrogens with one attached hydrogen (secondary N) is 3. The Morgan fingerprint density at radius 1 is 0.913 bits per heavy atom. The number of urea groups is 1. The lowest BCUT2D eigenvalue weighted by Gasteiger charge is -2.23. The van der Waals surface area contributed by atoms with Crippen LogP contribution in [-0.2, 0) is 0 Å². The number of hydrogen-bond donors (Lipinski definition) is 3. The van der Waals surface area contributed by atoms with E-state index in [1.165, 1.54) is 51.4 Å². The third-order valence-corrected chi connectivity index (χ3v) is 4.92. The van der Waals surface area contributed by atoms with Gasteiger partial charge in [0.2, 0.25) is 0 Å². The van der Waals surface area contributed by atoms with Gasteiger partial charge in [-0.05, 0) is 37.8 Å². The Morgan fingerprint density at radius 2 is 1.57 bits per heavy atom. The zero-order valence-electron chi connectivity index (χ0n) is 13.8. The number of rotatable bonds is 4. The molecule has 0 radical (unpaired) electrons. The van der Waals surface area contributed by atoms with Crippen molar-refractivity contribution in [2.24, 2.45) is 0 Å². The van der Waals surface area contributed by atoms with Gasteiger partial charge < -0.3 is 16.0 Å². The molecule has 0 unspecified atom stereocenters. The summed E-state index contributed by atoms with van der Waals surface area (Å²) in [6.45, 7) is 0. The minimum atomic E-state index is -0.119. The molecule has 5 nitrogen and oxygen atoms in total. The van der Waals surface area contributed by atoms with Crippen LogP contribution in [0.2, 0.25) is 0 Å². The van der Waals surface area contributed by atoms with Gasteiger partial charge in [0.25, 0.3) is 0 Å². The summed E-state index contributed by atoms with van der Waals surface area (Å²) in [6.07, 6.45) is 14.1. The number of carbonyl (C=O) groups is 1. The van der Waals surface area contributed by atoms with Crippen molar-refractivity contribution in [2.45, 2.75) is 76.3 Å². The molecule has 0 spiro atoms. The molecule has 0 bridgehead atoms. The van der Waals surface area contributed by atoms with E-state index < -0.39 is 0 Å². The first kappa shape index (κ1) is 16.1. The lowest BCUT2D eigenvalue weighted by molar-refractivity contribution is 0.244. The molecule has 1 heterocycles. The molecule has 23 heavy (non-hydrogen) atoms. The fraction of sp³-hybridized carbons (Fsp3) is 0.667. The predicted molar refractivity (Wildman–Crippen MR) is 93.8 cm³/mol. The van der Waals surface area contributed by atoms with E-state index in [1.54, 1.807) is 6.20 Å². The molecule has 0 aromatic carbocycles. The maximum absolute atomic E-state index is 12.0. The Kier molecular flexibility index (Phi) is 5.72. The third kappa shape index (κ3) is 5.12. The summed E-state index contributed by atoms with van der Waals surface area (Å²) >= 11 is 0. The van der Waals surface area contributed by atoms with Gasteiger partial charge in [0.05, 0.1) is 11.9 Å². The van der Waals surface area contributed by atoms with Crippen LogP contribution in [-0.4, -0.2) is 23.1 Å². The summed E-state index contributed by atoms with van der Waals surface area (Å²) in [5.41, 5.74) is 0.743. The molecular weight excluding hydrogens is 288 g/mol. The highest BCUT2D eigenvalue weighted by Gasteiger charge is 2.16. The number of hydrogen-bond acceptors (Lipinski definition) is 3. The zero-order chi connectivity index (χ0) is 15.9. The summed E-state index contributed by atoms with van der Waals surface area (Å²) in [4.78, 5) is 16.4. The van der Waals surface area contributed by atoms with Crippen molar-refractivity contribution in [3.8, 4) is 0 Å². The van der Waals surface area contributed by atoms with Crippen LogP contribution in [0.5, 0.6) is 0 Å².